The largest absolute Gasteiger partial charge is 0.508 e. The van der Waals surface area contributed by atoms with Crippen molar-refractivity contribution in [3.05, 3.63) is 28.8 Å². The highest BCUT2D eigenvalue weighted by Crippen LogP contribution is 2.20. The van der Waals surface area contributed by atoms with Crippen molar-refractivity contribution in [2.45, 2.75) is 0 Å². The molecular weight excluding hydrogens is 234 g/mol. The number of methoxy groups -OCH3 is 1. The molecule has 0 radical (unpaired) electrons. The minimum absolute atomic E-state index is 0.0357. The molecule has 1 aromatic carbocycles. The first-order chi connectivity index (χ1) is 7.65. The van der Waals surface area contributed by atoms with Crippen molar-refractivity contribution in [2.75, 3.05) is 20.3 Å². The van der Waals surface area contributed by atoms with Gasteiger partial charge < -0.3 is 9.84 Å². The van der Waals surface area contributed by atoms with E-state index in [2.05, 4.69) is 5.48 Å². The monoisotopic (exact) mass is 245 g/mol. The van der Waals surface area contributed by atoms with Crippen molar-refractivity contribution < 1.29 is 19.5 Å². The van der Waals surface area contributed by atoms with Crippen molar-refractivity contribution in [3.63, 3.8) is 0 Å². The molecule has 88 valence electrons. The van der Waals surface area contributed by atoms with Crippen molar-refractivity contribution in [1.82, 2.24) is 5.48 Å². The molecule has 16 heavy (non-hydrogen) atoms. The van der Waals surface area contributed by atoms with Gasteiger partial charge in [0.05, 0.1) is 23.8 Å². The van der Waals surface area contributed by atoms with E-state index in [4.69, 9.17) is 21.2 Å². The van der Waals surface area contributed by atoms with Crippen molar-refractivity contribution in [2.24, 2.45) is 0 Å². The second kappa shape index (κ2) is 6.32. The van der Waals surface area contributed by atoms with Crippen LogP contribution in [0.3, 0.4) is 0 Å². The van der Waals surface area contributed by atoms with Gasteiger partial charge in [-0.1, -0.05) is 11.6 Å². The highest BCUT2D eigenvalue weighted by Gasteiger charge is 2.10. The number of phenols is 1. The molecule has 0 aliphatic rings. The van der Waals surface area contributed by atoms with Crippen LogP contribution in [0.15, 0.2) is 18.2 Å². The van der Waals surface area contributed by atoms with Crippen LogP contribution < -0.4 is 5.48 Å². The number of benzene rings is 1. The highest BCUT2D eigenvalue weighted by atomic mass is 35.5. The summed E-state index contributed by atoms with van der Waals surface area (Å²) >= 11 is 5.78. The SMILES string of the molecule is COCCONC(=O)c1cc(O)ccc1Cl. The summed E-state index contributed by atoms with van der Waals surface area (Å²) in [7, 11) is 1.53. The topological polar surface area (TPSA) is 67.8 Å². The van der Waals surface area contributed by atoms with Crippen molar-refractivity contribution in [3.8, 4) is 5.75 Å². The summed E-state index contributed by atoms with van der Waals surface area (Å²) in [5, 5.41) is 9.44. The first kappa shape index (κ1) is 12.8. The van der Waals surface area contributed by atoms with Crippen LogP contribution in [0, 0.1) is 0 Å². The van der Waals surface area contributed by atoms with Crippen molar-refractivity contribution in [1.29, 1.82) is 0 Å². The lowest BCUT2D eigenvalue weighted by Gasteiger charge is -2.06. The quantitative estimate of drug-likeness (QED) is 0.607. The smallest absolute Gasteiger partial charge is 0.276 e. The highest BCUT2D eigenvalue weighted by molar-refractivity contribution is 6.33. The number of halogens is 1. The molecule has 5 nitrogen and oxygen atoms in total. The van der Waals surface area contributed by atoms with Crippen LogP contribution in [0.5, 0.6) is 5.75 Å². The van der Waals surface area contributed by atoms with Crippen LogP contribution >= 0.6 is 11.6 Å². The van der Waals surface area contributed by atoms with Crippen LogP contribution in [-0.4, -0.2) is 31.3 Å². The molecule has 0 heterocycles. The maximum Gasteiger partial charge on any atom is 0.276 e. The minimum Gasteiger partial charge on any atom is -0.508 e. The van der Waals surface area contributed by atoms with Gasteiger partial charge in [-0.05, 0) is 18.2 Å². The summed E-state index contributed by atoms with van der Waals surface area (Å²) in [5.74, 6) is -0.552. The number of amides is 1. The molecule has 0 atom stereocenters. The van der Waals surface area contributed by atoms with E-state index in [9.17, 15) is 9.90 Å². The lowest BCUT2D eigenvalue weighted by atomic mass is 10.2. The third-order valence-corrected chi connectivity index (χ3v) is 2.08. The zero-order valence-electron chi connectivity index (χ0n) is 8.70. The predicted molar refractivity (Wildman–Crippen MR) is 58.4 cm³/mol. The predicted octanol–water partition coefficient (Wildman–Crippen LogP) is 1.35. The Morgan fingerprint density at radius 2 is 2.25 bits per heavy atom. The van der Waals surface area contributed by atoms with E-state index in [1.807, 2.05) is 0 Å². The normalized spacial score (nSPS) is 10.1. The fraction of sp³-hybridized carbons (Fsp3) is 0.300. The molecule has 0 aromatic heterocycles. The number of rotatable bonds is 5. The number of carbonyl (C=O) groups excluding carboxylic acids is 1. The maximum atomic E-state index is 11.5. The number of hydrogen-bond donors (Lipinski definition) is 2. The Bertz CT molecular complexity index is 370. The number of ether oxygens (including phenoxy) is 1. The van der Waals surface area contributed by atoms with Gasteiger partial charge in [0.1, 0.15) is 5.75 Å². The van der Waals surface area contributed by atoms with E-state index in [1.165, 1.54) is 25.3 Å². The summed E-state index contributed by atoms with van der Waals surface area (Å²) in [6.45, 7) is 0.604. The van der Waals surface area contributed by atoms with Gasteiger partial charge in [0.2, 0.25) is 0 Å². The summed E-state index contributed by atoms with van der Waals surface area (Å²) in [6.07, 6.45) is 0. The zero-order chi connectivity index (χ0) is 12.0. The van der Waals surface area contributed by atoms with Gasteiger partial charge in [-0.2, -0.15) is 0 Å². The average molecular weight is 246 g/mol. The zero-order valence-corrected chi connectivity index (χ0v) is 9.45. The molecule has 0 saturated carbocycles. The van der Waals surface area contributed by atoms with E-state index in [-0.39, 0.29) is 22.9 Å². The van der Waals surface area contributed by atoms with Crippen LogP contribution in [0.1, 0.15) is 10.4 Å². The van der Waals surface area contributed by atoms with Crippen molar-refractivity contribution >= 4 is 17.5 Å². The van der Waals surface area contributed by atoms with Crippen LogP contribution in [0.25, 0.3) is 0 Å². The Kier molecular flexibility index (Phi) is 5.04. The number of nitrogens with one attached hydrogen (secondary N) is 1. The Labute approximate surface area is 97.9 Å². The standard InChI is InChI=1S/C10H12ClNO4/c1-15-4-5-16-12-10(14)8-6-7(13)2-3-9(8)11/h2-3,6,13H,4-5H2,1H3,(H,12,14). The van der Waals surface area contributed by atoms with Crippen LogP contribution in [-0.2, 0) is 9.57 Å². The third kappa shape index (κ3) is 3.69. The van der Waals surface area contributed by atoms with E-state index >= 15 is 0 Å². The number of hydrogen-bond acceptors (Lipinski definition) is 4. The fourth-order valence-electron chi connectivity index (χ4n) is 0.984. The number of carbonyl (C=O) groups is 1. The van der Waals surface area contributed by atoms with E-state index in [1.54, 1.807) is 0 Å². The minimum atomic E-state index is -0.517. The summed E-state index contributed by atoms with van der Waals surface area (Å²) in [4.78, 5) is 16.3. The average Bonchev–Trinajstić information content (AvgIpc) is 2.27. The fourth-order valence-corrected chi connectivity index (χ4v) is 1.19. The first-order valence-corrected chi connectivity index (χ1v) is 4.92. The molecule has 2 N–H and O–H groups in total. The van der Waals surface area contributed by atoms with Gasteiger partial charge in [-0.25, -0.2) is 5.48 Å². The second-order valence-electron chi connectivity index (χ2n) is 2.94. The molecule has 1 aromatic rings. The molecule has 0 bridgehead atoms. The number of phenolic OH excluding ortho intramolecular Hbond substituents is 1. The molecule has 0 aliphatic carbocycles. The molecule has 0 spiro atoms. The van der Waals surface area contributed by atoms with E-state index in [0.29, 0.717) is 6.61 Å². The lowest BCUT2D eigenvalue weighted by Crippen LogP contribution is -2.25. The van der Waals surface area contributed by atoms with Crippen LogP contribution in [0.4, 0.5) is 0 Å². The Morgan fingerprint density at radius 1 is 1.50 bits per heavy atom. The molecule has 6 heteroatoms. The molecule has 1 rings (SSSR count). The van der Waals surface area contributed by atoms with Gasteiger partial charge in [0, 0.05) is 7.11 Å². The lowest BCUT2D eigenvalue weighted by molar-refractivity contribution is 0.00888. The van der Waals surface area contributed by atoms with Gasteiger partial charge in [0.15, 0.2) is 0 Å². The van der Waals surface area contributed by atoms with Gasteiger partial charge in [-0.15, -0.1) is 0 Å². The Balaban J connectivity index is 2.55. The number of hydroxylamine groups is 1. The molecule has 0 saturated heterocycles. The first-order valence-electron chi connectivity index (χ1n) is 4.54. The second-order valence-corrected chi connectivity index (χ2v) is 3.34. The maximum absolute atomic E-state index is 11.5. The third-order valence-electron chi connectivity index (χ3n) is 1.75. The molecular formula is C10H12ClNO4. The van der Waals surface area contributed by atoms with E-state index < -0.39 is 5.91 Å². The van der Waals surface area contributed by atoms with Gasteiger partial charge in [0.25, 0.3) is 5.91 Å². The van der Waals surface area contributed by atoms with Crippen LogP contribution in [0.2, 0.25) is 5.02 Å². The molecule has 0 aliphatic heterocycles. The molecule has 1 amide bonds. The summed E-state index contributed by atoms with van der Waals surface area (Å²) in [5.41, 5.74) is 2.34. The van der Waals surface area contributed by atoms with E-state index in [0.717, 1.165) is 0 Å². The van der Waals surface area contributed by atoms with Gasteiger partial charge in [-0.3, -0.25) is 9.63 Å². The summed E-state index contributed by atoms with van der Waals surface area (Å²) < 4.78 is 4.73. The molecule has 0 unspecified atom stereocenters. The number of aromatic hydroxyl groups is 1. The molecule has 0 fully saturated rings. The Hall–Kier alpha value is -1.30. The summed E-state index contributed by atoms with van der Waals surface area (Å²) in [6, 6.07) is 4.09. The van der Waals surface area contributed by atoms with Gasteiger partial charge >= 0.3 is 0 Å². The Morgan fingerprint density at radius 3 is 2.94 bits per heavy atom.